The van der Waals surface area contributed by atoms with Crippen molar-refractivity contribution in [1.29, 1.82) is 0 Å². The number of ether oxygens (including phenoxy) is 2. The van der Waals surface area contributed by atoms with Crippen molar-refractivity contribution in [2.75, 3.05) is 25.3 Å². The zero-order valence-corrected chi connectivity index (χ0v) is 22.9. The molecule has 1 amide bonds. The fourth-order valence-corrected chi connectivity index (χ4v) is 6.62. The van der Waals surface area contributed by atoms with Gasteiger partial charge in [-0.25, -0.2) is 4.79 Å². The summed E-state index contributed by atoms with van der Waals surface area (Å²) in [4.78, 5) is 26.7. The van der Waals surface area contributed by atoms with Gasteiger partial charge in [0.2, 0.25) is 5.91 Å². The van der Waals surface area contributed by atoms with E-state index in [1.807, 2.05) is 11.5 Å². The summed E-state index contributed by atoms with van der Waals surface area (Å²) in [5.74, 6) is 0.757. The van der Waals surface area contributed by atoms with Crippen LogP contribution in [0.2, 0.25) is 5.02 Å². The highest BCUT2D eigenvalue weighted by Crippen LogP contribution is 2.38. The molecule has 0 bridgehead atoms. The number of rotatable bonds is 8. The summed E-state index contributed by atoms with van der Waals surface area (Å²) in [7, 11) is 2.97. The van der Waals surface area contributed by atoms with Gasteiger partial charge in [-0.1, -0.05) is 36.2 Å². The van der Waals surface area contributed by atoms with Crippen LogP contribution in [-0.2, 0) is 28.9 Å². The van der Waals surface area contributed by atoms with Crippen molar-refractivity contribution in [1.82, 2.24) is 14.8 Å². The molecule has 1 aliphatic carbocycles. The number of thioether (sulfide) groups is 1. The Kier molecular flexibility index (Phi) is 8.92. The Hall–Kier alpha value is -2.56. The normalized spacial score (nSPS) is 13.4. The first kappa shape index (κ1) is 26.5. The molecule has 0 radical (unpaired) electrons. The Morgan fingerprint density at radius 3 is 2.67 bits per heavy atom. The number of benzene rings is 1. The number of anilines is 1. The van der Waals surface area contributed by atoms with Crippen LogP contribution in [0.3, 0.4) is 0 Å². The van der Waals surface area contributed by atoms with E-state index in [0.717, 1.165) is 43.2 Å². The molecule has 1 N–H and O–H groups in total. The maximum atomic E-state index is 12.9. The molecule has 11 heteroatoms. The van der Waals surface area contributed by atoms with Crippen molar-refractivity contribution in [2.24, 2.45) is 0 Å². The highest BCUT2D eigenvalue weighted by molar-refractivity contribution is 7.99. The number of nitrogens with one attached hydrogen (secondary N) is 1. The molecule has 0 spiro atoms. The Labute approximate surface area is 223 Å². The van der Waals surface area contributed by atoms with Crippen LogP contribution >= 0.6 is 34.7 Å². The fraction of sp³-hybridized carbons (Fsp3) is 0.440. The van der Waals surface area contributed by atoms with Gasteiger partial charge in [0.1, 0.15) is 10.8 Å². The molecule has 192 valence electrons. The molecule has 0 saturated heterocycles. The van der Waals surface area contributed by atoms with E-state index in [1.165, 1.54) is 41.5 Å². The van der Waals surface area contributed by atoms with Crippen molar-refractivity contribution < 1.29 is 19.1 Å². The van der Waals surface area contributed by atoms with Crippen molar-refractivity contribution in [3.63, 3.8) is 0 Å². The SMILES string of the molecule is CCn1c(SCC(=O)Nc2sc3c(c2C(=O)OC)CCCCCC3)nnc1-c1cc(Cl)ccc1OC. The number of hydrogen-bond donors (Lipinski definition) is 1. The third-order valence-corrected chi connectivity index (χ3v) is 8.49. The van der Waals surface area contributed by atoms with Crippen molar-refractivity contribution in [3.8, 4) is 17.1 Å². The van der Waals surface area contributed by atoms with Gasteiger partial charge in [-0.2, -0.15) is 0 Å². The Bertz CT molecular complexity index is 1260. The van der Waals surface area contributed by atoms with Crippen LogP contribution in [-0.4, -0.2) is 46.6 Å². The van der Waals surface area contributed by atoms with Crippen molar-refractivity contribution >= 4 is 51.6 Å². The third kappa shape index (κ3) is 5.71. The molecule has 2 aromatic heterocycles. The highest BCUT2D eigenvalue weighted by Gasteiger charge is 2.26. The maximum absolute atomic E-state index is 12.9. The molecule has 36 heavy (non-hydrogen) atoms. The smallest absolute Gasteiger partial charge is 0.341 e. The predicted molar refractivity (Wildman–Crippen MR) is 144 cm³/mol. The van der Waals surface area contributed by atoms with E-state index in [-0.39, 0.29) is 11.7 Å². The number of carbonyl (C=O) groups excluding carboxylic acids is 2. The van der Waals surface area contributed by atoms with E-state index >= 15 is 0 Å². The first-order chi connectivity index (χ1) is 17.5. The number of halogens is 1. The molecule has 8 nitrogen and oxygen atoms in total. The zero-order valence-electron chi connectivity index (χ0n) is 20.6. The third-order valence-electron chi connectivity index (χ3n) is 6.08. The van der Waals surface area contributed by atoms with E-state index in [9.17, 15) is 9.59 Å². The second-order valence-corrected chi connectivity index (χ2v) is 10.8. The molecule has 2 heterocycles. The summed E-state index contributed by atoms with van der Waals surface area (Å²) in [6.07, 6.45) is 6.20. The number of amides is 1. The Morgan fingerprint density at radius 2 is 1.94 bits per heavy atom. The average molecular weight is 549 g/mol. The van der Waals surface area contributed by atoms with E-state index in [1.54, 1.807) is 25.3 Å². The summed E-state index contributed by atoms with van der Waals surface area (Å²) in [5, 5.41) is 13.4. The number of aryl methyl sites for hydroxylation is 1. The second-order valence-electron chi connectivity index (χ2n) is 8.35. The maximum Gasteiger partial charge on any atom is 0.341 e. The molecule has 0 fully saturated rings. The molecule has 1 aliphatic rings. The van der Waals surface area contributed by atoms with Gasteiger partial charge in [-0.3, -0.25) is 4.79 Å². The van der Waals surface area contributed by atoms with Gasteiger partial charge in [0.15, 0.2) is 11.0 Å². The average Bonchev–Trinajstić information content (AvgIpc) is 3.42. The van der Waals surface area contributed by atoms with Gasteiger partial charge in [0.05, 0.1) is 31.1 Å². The number of aromatic nitrogens is 3. The summed E-state index contributed by atoms with van der Waals surface area (Å²) in [6.45, 7) is 2.59. The zero-order chi connectivity index (χ0) is 25.7. The van der Waals surface area contributed by atoms with Crippen LogP contribution in [0.1, 0.15) is 53.4 Å². The summed E-state index contributed by atoms with van der Waals surface area (Å²) in [5.41, 5.74) is 2.26. The van der Waals surface area contributed by atoms with Gasteiger partial charge in [0.25, 0.3) is 0 Å². The van der Waals surface area contributed by atoms with E-state index in [2.05, 4.69) is 15.5 Å². The van der Waals surface area contributed by atoms with Crippen molar-refractivity contribution in [3.05, 3.63) is 39.2 Å². The molecule has 0 aliphatic heterocycles. The minimum Gasteiger partial charge on any atom is -0.496 e. The van der Waals surface area contributed by atoms with Gasteiger partial charge >= 0.3 is 5.97 Å². The quantitative estimate of drug-likeness (QED) is 0.278. The Morgan fingerprint density at radius 1 is 1.17 bits per heavy atom. The van der Waals surface area contributed by atoms with Gasteiger partial charge in [0, 0.05) is 16.4 Å². The van der Waals surface area contributed by atoms with Crippen LogP contribution in [0.25, 0.3) is 11.4 Å². The number of hydrogen-bond acceptors (Lipinski definition) is 8. The number of nitrogens with zero attached hydrogens (tertiary/aromatic N) is 3. The minimum absolute atomic E-state index is 0.119. The standard InChI is InChI=1S/C25H29ClN4O4S2/c1-4-30-22(17-13-15(26)11-12-18(17)33-2)28-29-25(30)35-14-20(31)27-23-21(24(32)34-3)16-9-7-5-6-8-10-19(16)36-23/h11-13H,4-10,14H2,1-3H3,(H,27,31). The van der Waals surface area contributed by atoms with E-state index in [4.69, 9.17) is 21.1 Å². The van der Waals surface area contributed by atoms with Crippen LogP contribution in [0.5, 0.6) is 5.75 Å². The van der Waals surface area contributed by atoms with Gasteiger partial charge in [-0.05, 0) is 56.4 Å². The summed E-state index contributed by atoms with van der Waals surface area (Å²) < 4.78 is 12.4. The largest absolute Gasteiger partial charge is 0.496 e. The first-order valence-corrected chi connectivity index (χ1v) is 14.1. The number of thiophene rings is 1. The topological polar surface area (TPSA) is 95.3 Å². The second kappa shape index (κ2) is 12.1. The van der Waals surface area contributed by atoms with Gasteiger partial charge < -0.3 is 19.4 Å². The first-order valence-electron chi connectivity index (χ1n) is 11.9. The number of esters is 1. The van der Waals surface area contributed by atoms with Crippen LogP contribution < -0.4 is 10.1 Å². The molecular weight excluding hydrogens is 520 g/mol. The van der Waals surface area contributed by atoms with Crippen LogP contribution in [0.4, 0.5) is 5.00 Å². The summed E-state index contributed by atoms with van der Waals surface area (Å²) >= 11 is 8.98. The lowest BCUT2D eigenvalue weighted by Crippen LogP contribution is -2.17. The number of carbonyl (C=O) groups is 2. The van der Waals surface area contributed by atoms with Crippen molar-refractivity contribution in [2.45, 2.75) is 57.1 Å². The molecule has 4 rings (SSSR count). The number of fused-ring (bicyclic) bond motifs is 1. The molecule has 1 aromatic carbocycles. The lowest BCUT2D eigenvalue weighted by atomic mass is 9.96. The fourth-order valence-electron chi connectivity index (χ4n) is 4.35. The van der Waals surface area contributed by atoms with E-state index < -0.39 is 5.97 Å². The summed E-state index contributed by atoms with van der Waals surface area (Å²) in [6, 6.07) is 5.33. The number of methoxy groups -OCH3 is 2. The lowest BCUT2D eigenvalue weighted by molar-refractivity contribution is -0.113. The monoisotopic (exact) mass is 548 g/mol. The highest BCUT2D eigenvalue weighted by atomic mass is 35.5. The Balaban J connectivity index is 1.52. The molecule has 3 aromatic rings. The predicted octanol–water partition coefficient (Wildman–Crippen LogP) is 5.86. The van der Waals surface area contributed by atoms with Gasteiger partial charge in [-0.15, -0.1) is 21.5 Å². The van der Waals surface area contributed by atoms with Crippen LogP contribution in [0, 0.1) is 0 Å². The lowest BCUT2D eigenvalue weighted by Gasteiger charge is -2.11. The van der Waals surface area contributed by atoms with E-state index in [0.29, 0.717) is 38.9 Å². The molecule has 0 atom stereocenters. The molecular formula is C25H29ClN4O4S2. The minimum atomic E-state index is -0.401. The molecule has 0 saturated carbocycles. The van der Waals surface area contributed by atoms with Crippen LogP contribution in [0.15, 0.2) is 23.4 Å². The molecule has 0 unspecified atom stereocenters.